The van der Waals surface area contributed by atoms with Crippen LogP contribution in [-0.4, -0.2) is 187 Å². The van der Waals surface area contributed by atoms with E-state index in [9.17, 15) is 83.1 Å². The van der Waals surface area contributed by atoms with Gasteiger partial charge in [-0.3, -0.25) is 58.1 Å². The molecule has 1 aliphatic carbocycles. The van der Waals surface area contributed by atoms with Gasteiger partial charge in [-0.15, -0.1) is 0 Å². The summed E-state index contributed by atoms with van der Waals surface area (Å²) in [6.45, 7) is 0.535. The van der Waals surface area contributed by atoms with E-state index >= 15 is 0 Å². The van der Waals surface area contributed by atoms with Crippen molar-refractivity contribution in [3.8, 4) is 5.75 Å². The Balaban J connectivity index is 1.43. The first-order valence-corrected chi connectivity index (χ1v) is 32.2. The zero-order chi connectivity index (χ0) is 70.4. The number of amides is 9. The molecule has 1 aromatic heterocycles. The third-order valence-corrected chi connectivity index (χ3v) is 16.4. The van der Waals surface area contributed by atoms with E-state index in [0.717, 1.165) is 11.8 Å². The summed E-state index contributed by atoms with van der Waals surface area (Å²) in [6.07, 6.45) is 1.23. The van der Waals surface area contributed by atoms with Crippen molar-refractivity contribution in [2.75, 3.05) is 25.4 Å². The second-order valence-corrected chi connectivity index (χ2v) is 24.0. The number of unbranched alkanes of at least 4 members (excludes halogenated alkanes) is 1. The van der Waals surface area contributed by atoms with Crippen LogP contribution in [-0.2, 0) is 76.8 Å². The molecule has 0 unspecified atom stereocenters. The molecular weight excluding hydrogens is 1270 g/mol. The molecule has 31 nitrogen and oxygen atoms in total. The number of phenolic OH excluding ortho intramolecular Hbond substituents is 1. The monoisotopic (exact) mass is 1360 g/mol. The van der Waals surface area contributed by atoms with E-state index in [4.69, 9.17) is 16.9 Å². The Morgan fingerprint density at radius 1 is 0.552 bits per heavy atom. The number of nitrogens with two attached hydrogens (primary N) is 2. The molecule has 32 heteroatoms. The third kappa shape index (κ3) is 25.5. The number of aromatic amines is 1. The number of nitrogens with one attached hydrogen (secondary N) is 12. The Labute approximate surface area is 558 Å². The molecule has 1 fully saturated rings. The van der Waals surface area contributed by atoms with Gasteiger partial charge in [0.2, 0.25) is 53.2 Å². The standard InChI is InChI=1S/C64H88N14O17S/c1-35(27-51(81)82)54(85)76-49(33-79)60(91)74-47(31-40-30-39-17-8-9-18-42(39)69-40)58(89)70-43(19-10-11-25-65)55(86)72-45(29-37-21-23-41(80)24-22-37)57(88)71-44(20-12-26-68-64(66)67)56(87)77-50(34-96)61(92)73-46(28-36-13-4-2-5-14-36)59(90)78-53(38-15-6-3-7-16-38)62(93)75-48(63(94)95)32-52(83)84/h2,4-5,8-9,13-14,17-18,21-24,30,35,38,43-50,53,69,79-80,96H,3,6-7,10-12,15-16,19-20,25-29,31-34,65H2,1H3,(H,70,89)(H,71,88)(H,72,86)(H,73,92)(H,74,91)(H,75,93)(H,76,85)(H,77,87)(H,78,90)(H,81,82)(H,83,84)(H,94,95)(H4,66,67,68)/t35-,43-,44+,45-,46-,47-,48-,49-,50+,53-/m0/s1. The van der Waals surface area contributed by atoms with Gasteiger partial charge in [-0.05, 0) is 98.2 Å². The van der Waals surface area contributed by atoms with Crippen molar-refractivity contribution in [2.24, 2.45) is 23.3 Å². The quantitative estimate of drug-likeness (QED) is 0.0108. The van der Waals surface area contributed by atoms with Gasteiger partial charge in [0.15, 0.2) is 5.96 Å². The van der Waals surface area contributed by atoms with Gasteiger partial charge in [0.05, 0.1) is 19.4 Å². The van der Waals surface area contributed by atoms with Crippen LogP contribution in [0.3, 0.4) is 0 Å². The van der Waals surface area contributed by atoms with Crippen molar-refractivity contribution in [1.82, 2.24) is 58.2 Å². The van der Waals surface area contributed by atoms with Gasteiger partial charge < -0.3 is 95.2 Å². The fraction of sp³-hybridized carbons (Fsp3) is 0.484. The second kappa shape index (κ2) is 39.1. The van der Waals surface area contributed by atoms with Crippen molar-refractivity contribution in [3.05, 3.63) is 102 Å². The topological polar surface area (TPSA) is 518 Å². The highest BCUT2D eigenvalue weighted by Gasteiger charge is 2.38. The number of aliphatic carboxylic acids is 3. The molecule has 1 saturated carbocycles. The number of hydrogen-bond acceptors (Lipinski definition) is 17. The molecule has 9 amide bonds. The molecule has 3 aromatic carbocycles. The lowest BCUT2D eigenvalue weighted by molar-refractivity contribution is -0.147. The Morgan fingerprint density at radius 2 is 1.03 bits per heavy atom. The average molecular weight is 1360 g/mol. The van der Waals surface area contributed by atoms with Crippen LogP contribution < -0.4 is 64.6 Å². The molecule has 0 radical (unpaired) electrons. The number of benzene rings is 3. The number of carboxylic acid groups (broad SMARTS) is 3. The maximum absolute atomic E-state index is 14.9. The number of aliphatic hydroxyl groups excluding tert-OH is 1. The summed E-state index contributed by atoms with van der Waals surface area (Å²) < 4.78 is 0. The maximum Gasteiger partial charge on any atom is 0.326 e. The van der Waals surface area contributed by atoms with Gasteiger partial charge in [-0.25, -0.2) is 4.79 Å². The Bertz CT molecular complexity index is 3300. The maximum atomic E-state index is 14.9. The molecule has 1 aliphatic rings. The largest absolute Gasteiger partial charge is 0.508 e. The third-order valence-electron chi connectivity index (χ3n) is 16.0. The number of carbonyl (C=O) groups is 12. The molecule has 5 rings (SSSR count). The van der Waals surface area contributed by atoms with E-state index in [1.807, 2.05) is 0 Å². The number of thiol groups is 1. The zero-order valence-corrected chi connectivity index (χ0v) is 54.0. The van der Waals surface area contributed by atoms with E-state index in [-0.39, 0.29) is 63.8 Å². The Kier molecular flexibility index (Phi) is 31.4. The first-order chi connectivity index (χ1) is 45.8. The predicted molar refractivity (Wildman–Crippen MR) is 352 cm³/mol. The lowest BCUT2D eigenvalue weighted by Crippen LogP contribution is -2.61. The number of hydrogen-bond donors (Lipinski definition) is 20. The lowest BCUT2D eigenvalue weighted by atomic mass is 9.83. The van der Waals surface area contributed by atoms with Gasteiger partial charge in [-0.2, -0.15) is 12.6 Å². The molecule has 0 bridgehead atoms. The van der Waals surface area contributed by atoms with Crippen LogP contribution in [0.15, 0.2) is 84.9 Å². The van der Waals surface area contributed by atoms with Crippen molar-refractivity contribution in [3.63, 3.8) is 0 Å². The van der Waals surface area contributed by atoms with Crippen LogP contribution in [0.25, 0.3) is 10.9 Å². The summed E-state index contributed by atoms with van der Waals surface area (Å²) in [5, 5.41) is 82.9. The number of H-pyrrole nitrogens is 1. The normalized spacial score (nSPS) is 15.3. The number of phenols is 1. The fourth-order valence-electron chi connectivity index (χ4n) is 10.8. The van der Waals surface area contributed by atoms with Gasteiger partial charge in [-0.1, -0.05) is 86.8 Å². The van der Waals surface area contributed by atoms with Gasteiger partial charge in [0.1, 0.15) is 60.1 Å². The van der Waals surface area contributed by atoms with E-state index in [2.05, 4.69) is 70.8 Å². The number of carbonyl (C=O) groups excluding carboxylic acids is 9. The van der Waals surface area contributed by atoms with Crippen molar-refractivity contribution in [1.29, 1.82) is 5.41 Å². The van der Waals surface area contributed by atoms with Crippen LogP contribution in [0, 0.1) is 17.2 Å². The highest BCUT2D eigenvalue weighted by molar-refractivity contribution is 7.80. The van der Waals surface area contributed by atoms with Crippen LogP contribution in [0.2, 0.25) is 0 Å². The summed E-state index contributed by atoms with van der Waals surface area (Å²) in [4.78, 5) is 167. The van der Waals surface area contributed by atoms with Crippen LogP contribution >= 0.6 is 12.6 Å². The van der Waals surface area contributed by atoms with E-state index in [0.29, 0.717) is 54.4 Å². The summed E-state index contributed by atoms with van der Waals surface area (Å²) in [6, 6.07) is 8.92. The molecule has 10 atom stereocenters. The number of para-hydroxylation sites is 1. The molecule has 0 spiro atoms. The van der Waals surface area contributed by atoms with E-state index < -0.39 is 168 Å². The minimum absolute atomic E-state index is 0.0129. The summed E-state index contributed by atoms with van der Waals surface area (Å²) in [5.41, 5.74) is 13.4. The molecule has 522 valence electrons. The summed E-state index contributed by atoms with van der Waals surface area (Å²) >= 11 is 4.36. The molecule has 0 aliphatic heterocycles. The van der Waals surface area contributed by atoms with Gasteiger partial charge in [0.25, 0.3) is 0 Å². The number of aliphatic hydroxyl groups is 1. The summed E-state index contributed by atoms with van der Waals surface area (Å²) in [7, 11) is 0. The zero-order valence-electron chi connectivity index (χ0n) is 53.1. The summed E-state index contributed by atoms with van der Waals surface area (Å²) in [5.74, 6) is -15.4. The van der Waals surface area contributed by atoms with E-state index in [1.165, 1.54) is 31.2 Å². The molecule has 0 saturated heterocycles. The van der Waals surface area contributed by atoms with Gasteiger partial charge in [0, 0.05) is 48.7 Å². The number of aromatic nitrogens is 1. The van der Waals surface area contributed by atoms with E-state index in [1.54, 1.807) is 60.7 Å². The number of carboxylic acids is 3. The van der Waals surface area contributed by atoms with Crippen LogP contribution in [0.1, 0.15) is 101 Å². The van der Waals surface area contributed by atoms with Crippen molar-refractivity contribution >= 4 is 101 Å². The molecule has 1 heterocycles. The van der Waals surface area contributed by atoms with Crippen molar-refractivity contribution in [2.45, 2.75) is 158 Å². The van der Waals surface area contributed by atoms with Gasteiger partial charge >= 0.3 is 17.9 Å². The minimum Gasteiger partial charge on any atom is -0.508 e. The molecule has 96 heavy (non-hydrogen) atoms. The second-order valence-electron chi connectivity index (χ2n) is 23.6. The van der Waals surface area contributed by atoms with Crippen LogP contribution in [0.5, 0.6) is 5.75 Å². The highest BCUT2D eigenvalue weighted by Crippen LogP contribution is 2.27. The smallest absolute Gasteiger partial charge is 0.326 e. The average Bonchev–Trinajstić information content (AvgIpc) is 1.38. The number of fused-ring (bicyclic) bond motifs is 1. The van der Waals surface area contributed by atoms with Crippen molar-refractivity contribution < 1.29 is 83.1 Å². The Hall–Kier alpha value is -9.82. The number of rotatable bonds is 40. The predicted octanol–water partition coefficient (Wildman–Crippen LogP) is -1.17. The fourth-order valence-corrected chi connectivity index (χ4v) is 11.1. The molecule has 21 N–H and O–H groups in total. The first kappa shape index (κ1) is 76.9. The minimum atomic E-state index is -1.83. The number of aromatic hydroxyl groups is 1. The molecular formula is C64H88N14O17S. The van der Waals surface area contributed by atoms with Crippen LogP contribution in [0.4, 0.5) is 0 Å². The first-order valence-electron chi connectivity index (χ1n) is 31.6. The Morgan fingerprint density at radius 3 is 1.57 bits per heavy atom. The molecule has 4 aromatic rings. The SMILES string of the molecule is C[C@@H](CC(=O)O)C(=O)N[C@@H](CO)C(=O)N[C@@H](Cc1cc2ccccc2[nH]1)C(=O)N[C@@H](CCCCN)C(=O)N[C@@H](Cc1ccc(O)cc1)C(=O)N[C@H](CCCNC(=N)N)C(=O)N[C@H](CS)C(=O)N[C@@H](Cc1ccccc1)C(=O)N[C@H](C(=O)N[C@@H](CC(=O)O)C(=O)O)C1CCCCC1. The highest BCUT2D eigenvalue weighted by atomic mass is 32.1. The lowest BCUT2D eigenvalue weighted by Gasteiger charge is -2.32. The number of guanidine groups is 1.